The highest BCUT2D eigenvalue weighted by molar-refractivity contribution is 6.43. The molecule has 6 heteroatoms. The number of ether oxygens (including phenoxy) is 2. The van der Waals surface area contributed by atoms with Crippen molar-refractivity contribution in [3.63, 3.8) is 0 Å². The molecule has 0 bridgehead atoms. The molecular formula is C20H24BNO4. The van der Waals surface area contributed by atoms with Gasteiger partial charge in [0.2, 0.25) is 0 Å². The van der Waals surface area contributed by atoms with Crippen LogP contribution in [0.15, 0.2) is 36.4 Å². The van der Waals surface area contributed by atoms with Gasteiger partial charge in [-0.05, 0) is 62.3 Å². The lowest BCUT2D eigenvalue weighted by Gasteiger charge is -2.17. The monoisotopic (exact) mass is 353 g/mol. The minimum absolute atomic E-state index is 0.136. The number of nitrogens with zero attached hydrogens (tertiary/aromatic N) is 1. The molecule has 1 aromatic carbocycles. The molecule has 1 saturated carbocycles. The molecule has 1 aromatic heterocycles. The fourth-order valence-electron chi connectivity index (χ4n) is 3.77. The molecule has 1 aliphatic carbocycles. The van der Waals surface area contributed by atoms with Gasteiger partial charge in [0.25, 0.3) is 0 Å². The molecule has 1 unspecified atom stereocenters. The second-order valence-electron chi connectivity index (χ2n) is 7.06. The molecule has 1 saturated heterocycles. The molecule has 2 aliphatic rings. The summed E-state index contributed by atoms with van der Waals surface area (Å²) in [6.45, 7) is 0.510. The standard InChI is InChI=1S/C20H24BNO4/c1-24-19-10-9-14(11-20(19)26-16-5-2-3-6-16)17-7-4-8-18(22-17)15-12-21(23)25-13-15/h4,7-11,15-16,23H,2-3,5-6,12-13H2,1H3. The van der Waals surface area contributed by atoms with E-state index in [1.165, 1.54) is 12.8 Å². The first-order valence-electron chi connectivity index (χ1n) is 9.34. The molecule has 0 amide bonds. The summed E-state index contributed by atoms with van der Waals surface area (Å²) >= 11 is 0. The third-order valence-electron chi connectivity index (χ3n) is 5.22. The normalized spacial score (nSPS) is 20.5. The van der Waals surface area contributed by atoms with Gasteiger partial charge in [-0.1, -0.05) is 6.07 Å². The van der Waals surface area contributed by atoms with Crippen molar-refractivity contribution < 1.29 is 19.2 Å². The average molecular weight is 353 g/mol. The number of hydrogen-bond donors (Lipinski definition) is 1. The predicted molar refractivity (Wildman–Crippen MR) is 101 cm³/mol. The Hall–Kier alpha value is -2.05. The third-order valence-corrected chi connectivity index (χ3v) is 5.22. The minimum atomic E-state index is -0.683. The lowest BCUT2D eigenvalue weighted by atomic mass is 9.81. The lowest BCUT2D eigenvalue weighted by molar-refractivity contribution is 0.201. The summed E-state index contributed by atoms with van der Waals surface area (Å²) in [5.74, 6) is 1.67. The van der Waals surface area contributed by atoms with Crippen LogP contribution in [0.5, 0.6) is 11.5 Å². The highest BCUT2D eigenvalue weighted by Crippen LogP contribution is 2.35. The zero-order valence-electron chi connectivity index (χ0n) is 15.1. The van der Waals surface area contributed by atoms with Crippen molar-refractivity contribution in [1.82, 2.24) is 4.98 Å². The first kappa shape index (κ1) is 17.4. The van der Waals surface area contributed by atoms with Gasteiger partial charge < -0.3 is 19.2 Å². The lowest BCUT2D eigenvalue weighted by Crippen LogP contribution is -2.11. The Labute approximate surface area is 154 Å². The number of aromatic nitrogens is 1. The quantitative estimate of drug-likeness (QED) is 0.831. The zero-order valence-corrected chi connectivity index (χ0v) is 15.1. The Morgan fingerprint density at radius 3 is 2.73 bits per heavy atom. The van der Waals surface area contributed by atoms with Crippen LogP contribution in [-0.4, -0.2) is 36.9 Å². The topological polar surface area (TPSA) is 60.8 Å². The van der Waals surface area contributed by atoms with Gasteiger partial charge in [-0.3, -0.25) is 4.98 Å². The first-order chi connectivity index (χ1) is 12.7. The molecule has 1 aliphatic heterocycles. The van der Waals surface area contributed by atoms with Gasteiger partial charge in [0.05, 0.1) is 18.9 Å². The zero-order chi connectivity index (χ0) is 17.9. The molecule has 1 N–H and O–H groups in total. The molecule has 4 rings (SSSR count). The van der Waals surface area contributed by atoms with Crippen LogP contribution in [-0.2, 0) is 4.65 Å². The Bertz CT molecular complexity index is 763. The molecule has 1 atom stereocenters. The highest BCUT2D eigenvalue weighted by atomic mass is 16.5. The van der Waals surface area contributed by atoms with Gasteiger partial charge in [-0.2, -0.15) is 0 Å². The van der Waals surface area contributed by atoms with E-state index >= 15 is 0 Å². The predicted octanol–water partition coefficient (Wildman–Crippen LogP) is 3.67. The van der Waals surface area contributed by atoms with Crippen LogP contribution >= 0.6 is 0 Å². The fourth-order valence-corrected chi connectivity index (χ4v) is 3.77. The van der Waals surface area contributed by atoms with Crippen molar-refractivity contribution in [3.05, 3.63) is 42.1 Å². The molecule has 0 radical (unpaired) electrons. The van der Waals surface area contributed by atoms with Crippen molar-refractivity contribution in [2.45, 2.75) is 44.0 Å². The maximum atomic E-state index is 9.60. The van der Waals surface area contributed by atoms with Gasteiger partial charge in [-0.15, -0.1) is 0 Å². The van der Waals surface area contributed by atoms with Crippen LogP contribution < -0.4 is 9.47 Å². The largest absolute Gasteiger partial charge is 0.493 e. The number of hydrogen-bond acceptors (Lipinski definition) is 5. The van der Waals surface area contributed by atoms with Gasteiger partial charge >= 0.3 is 7.12 Å². The van der Waals surface area contributed by atoms with Crippen LogP contribution in [0.3, 0.4) is 0 Å². The van der Waals surface area contributed by atoms with Crippen LogP contribution in [0.1, 0.15) is 37.3 Å². The van der Waals surface area contributed by atoms with E-state index < -0.39 is 7.12 Å². The van der Waals surface area contributed by atoms with Crippen LogP contribution in [0.4, 0.5) is 0 Å². The van der Waals surface area contributed by atoms with E-state index in [0.29, 0.717) is 12.9 Å². The summed E-state index contributed by atoms with van der Waals surface area (Å²) in [7, 11) is 0.985. The number of pyridine rings is 1. The molecule has 2 aromatic rings. The average Bonchev–Trinajstić information content (AvgIpc) is 3.33. The van der Waals surface area contributed by atoms with Crippen molar-refractivity contribution in [1.29, 1.82) is 0 Å². The van der Waals surface area contributed by atoms with E-state index in [1.54, 1.807) is 7.11 Å². The summed E-state index contributed by atoms with van der Waals surface area (Å²) in [5, 5.41) is 9.60. The maximum absolute atomic E-state index is 9.60. The maximum Gasteiger partial charge on any atom is 0.454 e. The van der Waals surface area contributed by atoms with Gasteiger partial charge in [0.1, 0.15) is 0 Å². The van der Waals surface area contributed by atoms with Crippen molar-refractivity contribution in [3.8, 4) is 22.8 Å². The van der Waals surface area contributed by atoms with Gasteiger partial charge in [0, 0.05) is 23.8 Å². The Balaban J connectivity index is 1.60. The van der Waals surface area contributed by atoms with Crippen LogP contribution in [0.25, 0.3) is 11.3 Å². The Kier molecular flexibility index (Phi) is 5.13. The van der Waals surface area contributed by atoms with E-state index in [2.05, 4.69) is 0 Å². The smallest absolute Gasteiger partial charge is 0.454 e. The van der Waals surface area contributed by atoms with E-state index in [0.717, 1.165) is 41.3 Å². The second-order valence-corrected chi connectivity index (χ2v) is 7.06. The van der Waals surface area contributed by atoms with Crippen molar-refractivity contribution in [2.75, 3.05) is 13.7 Å². The highest BCUT2D eigenvalue weighted by Gasteiger charge is 2.30. The summed E-state index contributed by atoms with van der Waals surface area (Å²) in [4.78, 5) is 4.80. The van der Waals surface area contributed by atoms with Crippen molar-refractivity contribution >= 4 is 7.12 Å². The summed E-state index contributed by atoms with van der Waals surface area (Å²) < 4.78 is 16.9. The molecule has 2 heterocycles. The first-order valence-corrected chi connectivity index (χ1v) is 9.34. The third kappa shape index (κ3) is 3.71. The van der Waals surface area contributed by atoms with E-state index in [4.69, 9.17) is 19.1 Å². The molecular weight excluding hydrogens is 329 g/mol. The molecule has 5 nitrogen and oxygen atoms in total. The SMILES string of the molecule is COc1ccc(-c2cccc(C3COB(O)C3)n2)cc1OC1CCCC1. The Morgan fingerprint density at radius 1 is 1.15 bits per heavy atom. The molecule has 136 valence electrons. The summed E-state index contributed by atoms with van der Waals surface area (Å²) in [5.41, 5.74) is 2.84. The van der Waals surface area contributed by atoms with Crippen LogP contribution in [0.2, 0.25) is 6.32 Å². The number of methoxy groups -OCH3 is 1. The summed E-state index contributed by atoms with van der Waals surface area (Å²) in [6.07, 6.45) is 5.53. The number of benzene rings is 1. The van der Waals surface area contributed by atoms with E-state index in [9.17, 15) is 5.02 Å². The molecule has 0 spiro atoms. The van der Waals surface area contributed by atoms with Gasteiger partial charge in [0.15, 0.2) is 11.5 Å². The van der Waals surface area contributed by atoms with Gasteiger partial charge in [-0.25, -0.2) is 0 Å². The van der Waals surface area contributed by atoms with Crippen molar-refractivity contribution in [2.24, 2.45) is 0 Å². The molecule has 2 fully saturated rings. The van der Waals surface area contributed by atoms with E-state index in [1.807, 2.05) is 36.4 Å². The Morgan fingerprint density at radius 2 is 2.00 bits per heavy atom. The minimum Gasteiger partial charge on any atom is -0.493 e. The van der Waals surface area contributed by atoms with E-state index in [-0.39, 0.29) is 12.0 Å². The second kappa shape index (κ2) is 7.68. The fraction of sp³-hybridized carbons (Fsp3) is 0.450. The van der Waals surface area contributed by atoms with Crippen LogP contribution in [0, 0.1) is 0 Å². The summed E-state index contributed by atoms with van der Waals surface area (Å²) in [6, 6.07) is 12.0. The number of rotatable bonds is 5. The molecule has 26 heavy (non-hydrogen) atoms.